The molecule has 0 atom stereocenters. The predicted octanol–water partition coefficient (Wildman–Crippen LogP) is 4.42. The van der Waals surface area contributed by atoms with Gasteiger partial charge in [0.25, 0.3) is 0 Å². The minimum atomic E-state index is -4.48. The molecule has 5 nitrogen and oxygen atoms in total. The standard InChI is InChI=1S/C22H35F3N2O3S/c1-2-27(16-17-28)15-5-3-4-6-18-7-11-20(12-8-18)26-31(29,30)21-13-9-19(10-14-21)22(23,24)25/h9-10,13-14,18,20,26,28H,2-8,11-12,15-17H2,1H3/t18-,20-. The predicted molar refractivity (Wildman–Crippen MR) is 115 cm³/mol. The lowest BCUT2D eigenvalue weighted by molar-refractivity contribution is -0.137. The number of benzene rings is 1. The number of alkyl halides is 3. The highest BCUT2D eigenvalue weighted by Gasteiger charge is 2.31. The van der Waals surface area contributed by atoms with Gasteiger partial charge in [0, 0.05) is 12.6 Å². The van der Waals surface area contributed by atoms with Crippen molar-refractivity contribution in [3.05, 3.63) is 29.8 Å². The van der Waals surface area contributed by atoms with Crippen molar-refractivity contribution in [3.63, 3.8) is 0 Å². The van der Waals surface area contributed by atoms with Crippen LogP contribution in [0.3, 0.4) is 0 Å². The van der Waals surface area contributed by atoms with Gasteiger partial charge in [-0.2, -0.15) is 13.2 Å². The average Bonchev–Trinajstić information content (AvgIpc) is 2.73. The molecule has 0 radical (unpaired) electrons. The quantitative estimate of drug-likeness (QED) is 0.450. The first-order valence-corrected chi connectivity index (χ1v) is 12.7. The summed E-state index contributed by atoms with van der Waals surface area (Å²) in [6.45, 7) is 4.98. The van der Waals surface area contributed by atoms with Gasteiger partial charge in [0.05, 0.1) is 17.1 Å². The van der Waals surface area contributed by atoms with Crippen LogP contribution in [-0.4, -0.2) is 50.7 Å². The minimum Gasteiger partial charge on any atom is -0.395 e. The number of nitrogens with one attached hydrogen (secondary N) is 1. The Labute approximate surface area is 184 Å². The van der Waals surface area contributed by atoms with E-state index >= 15 is 0 Å². The van der Waals surface area contributed by atoms with Gasteiger partial charge in [-0.1, -0.05) is 26.2 Å². The summed E-state index contributed by atoms with van der Waals surface area (Å²) >= 11 is 0. The molecule has 0 aromatic heterocycles. The van der Waals surface area contributed by atoms with Crippen molar-refractivity contribution >= 4 is 10.0 Å². The minimum absolute atomic E-state index is 0.134. The van der Waals surface area contributed by atoms with Crippen molar-refractivity contribution in [1.29, 1.82) is 0 Å². The van der Waals surface area contributed by atoms with E-state index in [2.05, 4.69) is 16.5 Å². The van der Waals surface area contributed by atoms with Crippen LogP contribution in [0.15, 0.2) is 29.2 Å². The number of likely N-dealkylation sites (N-methyl/N-ethyl adjacent to an activating group) is 1. The monoisotopic (exact) mass is 464 g/mol. The Hall–Kier alpha value is -1.16. The van der Waals surface area contributed by atoms with Crippen LogP contribution in [0, 0.1) is 5.92 Å². The normalized spacial score (nSPS) is 20.3. The molecule has 0 aliphatic heterocycles. The molecular formula is C22H35F3N2O3S. The van der Waals surface area contributed by atoms with Crippen LogP contribution in [0.5, 0.6) is 0 Å². The van der Waals surface area contributed by atoms with Gasteiger partial charge >= 0.3 is 6.18 Å². The Balaban J connectivity index is 1.70. The summed E-state index contributed by atoms with van der Waals surface area (Å²) in [5.74, 6) is 0.603. The fraction of sp³-hybridized carbons (Fsp3) is 0.727. The van der Waals surface area contributed by atoms with Crippen LogP contribution in [0.4, 0.5) is 13.2 Å². The molecule has 2 rings (SSSR count). The molecule has 0 amide bonds. The molecule has 1 aliphatic carbocycles. The lowest BCUT2D eigenvalue weighted by Gasteiger charge is -2.29. The van der Waals surface area contributed by atoms with Crippen LogP contribution < -0.4 is 4.72 Å². The molecule has 178 valence electrons. The van der Waals surface area contributed by atoms with E-state index in [0.717, 1.165) is 95.3 Å². The van der Waals surface area contributed by atoms with E-state index in [4.69, 9.17) is 5.11 Å². The van der Waals surface area contributed by atoms with Gasteiger partial charge in [-0.15, -0.1) is 0 Å². The molecule has 1 fully saturated rings. The topological polar surface area (TPSA) is 69.6 Å². The van der Waals surface area contributed by atoms with E-state index in [-0.39, 0.29) is 17.5 Å². The van der Waals surface area contributed by atoms with Crippen LogP contribution in [0.1, 0.15) is 63.9 Å². The molecule has 1 aromatic carbocycles. The molecule has 1 aliphatic rings. The maximum absolute atomic E-state index is 12.7. The molecule has 0 spiro atoms. The number of halogens is 3. The van der Waals surface area contributed by atoms with Crippen molar-refractivity contribution in [2.75, 3.05) is 26.2 Å². The Kier molecular flexibility index (Phi) is 10.3. The number of hydrogen-bond donors (Lipinski definition) is 2. The van der Waals surface area contributed by atoms with Crippen LogP contribution in [0.2, 0.25) is 0 Å². The van der Waals surface area contributed by atoms with Crippen LogP contribution in [-0.2, 0) is 16.2 Å². The fourth-order valence-corrected chi connectivity index (χ4v) is 5.50. The Morgan fingerprint density at radius 3 is 2.23 bits per heavy atom. The molecule has 0 bridgehead atoms. The molecule has 0 heterocycles. The van der Waals surface area contributed by atoms with Gasteiger partial charge in [0.1, 0.15) is 0 Å². The van der Waals surface area contributed by atoms with E-state index in [1.165, 1.54) is 0 Å². The third kappa shape index (κ3) is 8.71. The zero-order chi connectivity index (χ0) is 22.9. The van der Waals surface area contributed by atoms with E-state index < -0.39 is 21.8 Å². The molecule has 9 heteroatoms. The highest BCUT2D eigenvalue weighted by molar-refractivity contribution is 7.89. The first kappa shape index (κ1) is 26.1. The second kappa shape index (κ2) is 12.2. The summed E-state index contributed by atoms with van der Waals surface area (Å²) in [7, 11) is -3.82. The summed E-state index contributed by atoms with van der Waals surface area (Å²) in [5.41, 5.74) is -0.859. The highest BCUT2D eigenvalue weighted by Crippen LogP contribution is 2.31. The number of hydrogen-bond acceptors (Lipinski definition) is 4. The largest absolute Gasteiger partial charge is 0.416 e. The molecule has 0 unspecified atom stereocenters. The maximum Gasteiger partial charge on any atom is 0.416 e. The second-order valence-electron chi connectivity index (χ2n) is 8.37. The SMILES string of the molecule is CCN(CCO)CCCCC[C@H]1CC[C@H](NS(=O)(=O)c2ccc(C(F)(F)F)cc2)CC1. The number of aliphatic hydroxyl groups excluding tert-OH is 1. The molecule has 1 aromatic rings. The Morgan fingerprint density at radius 2 is 1.68 bits per heavy atom. The lowest BCUT2D eigenvalue weighted by Crippen LogP contribution is -2.37. The number of aliphatic hydroxyl groups is 1. The lowest BCUT2D eigenvalue weighted by atomic mass is 9.83. The van der Waals surface area contributed by atoms with Gasteiger partial charge in [-0.3, -0.25) is 0 Å². The summed E-state index contributed by atoms with van der Waals surface area (Å²) in [4.78, 5) is 2.11. The van der Waals surface area contributed by atoms with E-state index in [9.17, 15) is 21.6 Å². The zero-order valence-electron chi connectivity index (χ0n) is 18.2. The van der Waals surface area contributed by atoms with Crippen molar-refractivity contribution in [3.8, 4) is 0 Å². The highest BCUT2D eigenvalue weighted by atomic mass is 32.2. The van der Waals surface area contributed by atoms with Gasteiger partial charge < -0.3 is 10.0 Å². The van der Waals surface area contributed by atoms with Gasteiger partial charge in [-0.05, 0) is 75.4 Å². The third-order valence-electron chi connectivity index (χ3n) is 6.11. The summed E-state index contributed by atoms with van der Waals surface area (Å²) in [6.07, 6.45) is 3.53. The molecule has 0 saturated heterocycles. The second-order valence-corrected chi connectivity index (χ2v) is 10.1. The first-order valence-electron chi connectivity index (χ1n) is 11.2. The average molecular weight is 465 g/mol. The van der Waals surface area contributed by atoms with Crippen LogP contribution in [0.25, 0.3) is 0 Å². The van der Waals surface area contributed by atoms with E-state index in [1.807, 2.05) is 0 Å². The van der Waals surface area contributed by atoms with Crippen molar-refractivity contribution in [1.82, 2.24) is 9.62 Å². The first-order chi connectivity index (χ1) is 14.7. The molecule has 31 heavy (non-hydrogen) atoms. The van der Waals surface area contributed by atoms with Crippen LogP contribution >= 0.6 is 0 Å². The van der Waals surface area contributed by atoms with E-state index in [0.29, 0.717) is 5.92 Å². The Bertz CT molecular complexity index is 746. The Morgan fingerprint density at radius 1 is 1.03 bits per heavy atom. The maximum atomic E-state index is 12.7. The number of rotatable bonds is 12. The van der Waals surface area contributed by atoms with Gasteiger partial charge in [0.2, 0.25) is 10.0 Å². The fourth-order valence-electron chi connectivity index (χ4n) is 4.19. The zero-order valence-corrected chi connectivity index (χ0v) is 19.0. The van der Waals surface area contributed by atoms with Crippen molar-refractivity contribution in [2.45, 2.75) is 75.4 Å². The van der Waals surface area contributed by atoms with Gasteiger partial charge in [0.15, 0.2) is 0 Å². The van der Waals surface area contributed by atoms with Gasteiger partial charge in [-0.25, -0.2) is 13.1 Å². The van der Waals surface area contributed by atoms with E-state index in [1.54, 1.807) is 0 Å². The third-order valence-corrected chi connectivity index (χ3v) is 7.65. The summed E-state index contributed by atoms with van der Waals surface area (Å²) in [5, 5.41) is 9.01. The number of nitrogens with zero attached hydrogens (tertiary/aromatic N) is 1. The molecule has 2 N–H and O–H groups in total. The molecule has 1 saturated carbocycles. The molecular weight excluding hydrogens is 429 g/mol. The number of sulfonamides is 1. The summed E-state index contributed by atoms with van der Waals surface area (Å²) in [6, 6.07) is 3.46. The van der Waals surface area contributed by atoms with Crippen molar-refractivity contribution in [2.24, 2.45) is 5.92 Å². The smallest absolute Gasteiger partial charge is 0.395 e. The summed E-state index contributed by atoms with van der Waals surface area (Å²) < 4.78 is 65.7. The van der Waals surface area contributed by atoms with Crippen molar-refractivity contribution < 1.29 is 26.7 Å². The number of unbranched alkanes of at least 4 members (excludes halogenated alkanes) is 2.